The van der Waals surface area contributed by atoms with E-state index in [1.54, 1.807) is 35.1 Å². The van der Waals surface area contributed by atoms with Gasteiger partial charge in [0, 0.05) is 35.2 Å². The molecule has 4 aromatic rings. The van der Waals surface area contributed by atoms with E-state index in [9.17, 15) is 14.7 Å². The Balaban J connectivity index is 1.55. The molecule has 8 heteroatoms. The summed E-state index contributed by atoms with van der Waals surface area (Å²) < 4.78 is 6.79. The lowest BCUT2D eigenvalue weighted by Crippen LogP contribution is -2.20. The van der Waals surface area contributed by atoms with Gasteiger partial charge in [-0.1, -0.05) is 11.8 Å². The molecular formula is C21H18N2O4S2. The smallest absolute Gasteiger partial charge is 0.336 e. The van der Waals surface area contributed by atoms with Crippen LogP contribution >= 0.6 is 23.1 Å². The van der Waals surface area contributed by atoms with E-state index >= 15 is 0 Å². The maximum absolute atomic E-state index is 13.0. The van der Waals surface area contributed by atoms with Crippen LogP contribution in [0.25, 0.3) is 21.2 Å². The summed E-state index contributed by atoms with van der Waals surface area (Å²) in [5, 5.41) is 11.8. The van der Waals surface area contributed by atoms with Crippen LogP contribution in [0.15, 0.2) is 43.4 Å². The summed E-state index contributed by atoms with van der Waals surface area (Å²) >= 11 is 3.05. The quantitative estimate of drug-likeness (QED) is 0.303. The fourth-order valence-corrected chi connectivity index (χ4v) is 6.14. The van der Waals surface area contributed by atoms with Gasteiger partial charge in [0.2, 0.25) is 0 Å². The van der Waals surface area contributed by atoms with Crippen LogP contribution < -0.4 is 11.2 Å². The highest BCUT2D eigenvalue weighted by atomic mass is 32.2. The van der Waals surface area contributed by atoms with Crippen LogP contribution in [-0.2, 0) is 25.6 Å². The number of rotatable bonds is 3. The fraction of sp³-hybridized carbons (Fsp3) is 0.286. The van der Waals surface area contributed by atoms with Gasteiger partial charge in [-0.2, -0.15) is 0 Å². The largest absolute Gasteiger partial charge is 0.508 e. The van der Waals surface area contributed by atoms with Crippen molar-refractivity contribution in [2.24, 2.45) is 7.05 Å². The van der Waals surface area contributed by atoms with E-state index in [-0.39, 0.29) is 11.3 Å². The molecule has 148 valence electrons. The number of phenols is 1. The number of fused-ring (bicyclic) bond motifs is 4. The number of hydrogen-bond donors (Lipinski definition) is 1. The molecule has 0 bridgehead atoms. The highest BCUT2D eigenvalue weighted by Crippen LogP contribution is 2.35. The molecule has 0 fully saturated rings. The number of thioether (sulfide) groups is 1. The number of aryl methyl sites for hydroxylation is 2. The number of phenolic OH excluding ortho intramolecular Hbond substituents is 1. The molecule has 1 aromatic carbocycles. The van der Waals surface area contributed by atoms with Crippen LogP contribution in [0.1, 0.15) is 28.8 Å². The van der Waals surface area contributed by atoms with Crippen molar-refractivity contribution >= 4 is 44.3 Å². The van der Waals surface area contributed by atoms with Crippen LogP contribution in [0.5, 0.6) is 5.75 Å². The third-order valence-corrected chi connectivity index (χ3v) is 7.59. The summed E-state index contributed by atoms with van der Waals surface area (Å²) in [6.07, 6.45) is 4.27. The maximum atomic E-state index is 13.0. The van der Waals surface area contributed by atoms with Crippen LogP contribution in [0.3, 0.4) is 0 Å². The average molecular weight is 427 g/mol. The van der Waals surface area contributed by atoms with E-state index in [1.165, 1.54) is 40.8 Å². The Morgan fingerprint density at radius 3 is 2.93 bits per heavy atom. The molecular weight excluding hydrogens is 408 g/mol. The SMILES string of the molecule is Cn1c(SCc2cc(=O)oc3cc(O)ccc23)nc2sc3c(c2c1=O)CCCC3. The molecule has 0 aliphatic heterocycles. The molecule has 5 rings (SSSR count). The molecule has 0 amide bonds. The summed E-state index contributed by atoms with van der Waals surface area (Å²) in [5.74, 6) is 0.505. The third-order valence-electron chi connectivity index (χ3n) is 5.33. The van der Waals surface area contributed by atoms with E-state index in [0.29, 0.717) is 16.5 Å². The first-order valence-corrected chi connectivity index (χ1v) is 11.2. The van der Waals surface area contributed by atoms with Crippen LogP contribution in [0.2, 0.25) is 0 Å². The second-order valence-corrected chi connectivity index (χ2v) is 9.24. The minimum absolute atomic E-state index is 0.000689. The van der Waals surface area contributed by atoms with Gasteiger partial charge in [-0.25, -0.2) is 9.78 Å². The van der Waals surface area contributed by atoms with Crippen molar-refractivity contribution in [3.8, 4) is 5.75 Å². The van der Waals surface area contributed by atoms with Crippen LogP contribution in [0.4, 0.5) is 0 Å². The topological polar surface area (TPSA) is 85.3 Å². The van der Waals surface area contributed by atoms with Gasteiger partial charge in [-0.15, -0.1) is 11.3 Å². The average Bonchev–Trinajstić information content (AvgIpc) is 3.07. The van der Waals surface area contributed by atoms with Gasteiger partial charge < -0.3 is 9.52 Å². The highest BCUT2D eigenvalue weighted by Gasteiger charge is 2.21. The van der Waals surface area contributed by atoms with Gasteiger partial charge in [0.05, 0.1) is 5.39 Å². The zero-order chi connectivity index (χ0) is 20.1. The lowest BCUT2D eigenvalue weighted by Gasteiger charge is -2.11. The molecule has 0 saturated heterocycles. The number of benzene rings is 1. The first-order chi connectivity index (χ1) is 14.0. The van der Waals surface area contributed by atoms with Gasteiger partial charge in [0.15, 0.2) is 5.16 Å². The monoisotopic (exact) mass is 426 g/mol. The van der Waals surface area contributed by atoms with E-state index in [1.807, 2.05) is 0 Å². The Morgan fingerprint density at radius 2 is 2.07 bits per heavy atom. The molecule has 0 unspecified atom stereocenters. The van der Waals surface area contributed by atoms with Gasteiger partial charge in [0.25, 0.3) is 5.56 Å². The number of aromatic hydroxyl groups is 1. The van der Waals surface area contributed by atoms with Gasteiger partial charge >= 0.3 is 5.63 Å². The van der Waals surface area contributed by atoms with E-state index in [2.05, 4.69) is 0 Å². The van der Waals surface area contributed by atoms with E-state index in [0.717, 1.165) is 40.4 Å². The lowest BCUT2D eigenvalue weighted by molar-refractivity contribution is 0.473. The van der Waals surface area contributed by atoms with Crippen molar-refractivity contribution < 1.29 is 9.52 Å². The highest BCUT2D eigenvalue weighted by molar-refractivity contribution is 7.98. The van der Waals surface area contributed by atoms with Crippen LogP contribution in [0, 0.1) is 0 Å². The van der Waals surface area contributed by atoms with Crippen molar-refractivity contribution in [1.82, 2.24) is 9.55 Å². The molecule has 1 aliphatic rings. The number of aromatic nitrogens is 2. The molecule has 0 saturated carbocycles. The summed E-state index contributed by atoms with van der Waals surface area (Å²) in [6, 6.07) is 6.17. The standard InChI is InChI=1S/C21H18N2O4S2/c1-23-20(26)18-14-4-2-3-5-16(14)29-19(18)22-21(23)28-10-11-8-17(25)27-15-9-12(24)6-7-13(11)15/h6-9,24H,2-5,10H2,1H3. The van der Waals surface area contributed by atoms with E-state index < -0.39 is 5.63 Å². The Hall–Kier alpha value is -2.58. The van der Waals surface area contributed by atoms with Crippen molar-refractivity contribution in [1.29, 1.82) is 0 Å². The normalized spacial score (nSPS) is 13.8. The summed E-state index contributed by atoms with van der Waals surface area (Å²) in [6.45, 7) is 0. The lowest BCUT2D eigenvalue weighted by atomic mass is 9.97. The molecule has 3 aromatic heterocycles. The Kier molecular flexibility index (Phi) is 4.48. The van der Waals surface area contributed by atoms with Crippen molar-refractivity contribution in [2.75, 3.05) is 0 Å². The second kappa shape index (κ2) is 7.03. The van der Waals surface area contributed by atoms with E-state index in [4.69, 9.17) is 9.40 Å². The number of thiophene rings is 1. The van der Waals surface area contributed by atoms with Crippen molar-refractivity contribution in [3.63, 3.8) is 0 Å². The molecule has 0 radical (unpaired) electrons. The fourth-order valence-electron chi connectivity index (χ4n) is 3.88. The second-order valence-electron chi connectivity index (χ2n) is 7.21. The number of hydrogen-bond acceptors (Lipinski definition) is 7. The third kappa shape index (κ3) is 3.16. The first kappa shape index (κ1) is 18.4. The Morgan fingerprint density at radius 1 is 1.24 bits per heavy atom. The minimum atomic E-state index is -0.470. The maximum Gasteiger partial charge on any atom is 0.336 e. The van der Waals surface area contributed by atoms with Gasteiger partial charge in [-0.05, 0) is 48.9 Å². The predicted octanol–water partition coefficient (Wildman–Crippen LogP) is 3.98. The molecule has 1 aliphatic carbocycles. The molecule has 0 atom stereocenters. The molecule has 1 N–H and O–H groups in total. The molecule has 29 heavy (non-hydrogen) atoms. The predicted molar refractivity (Wildman–Crippen MR) is 115 cm³/mol. The number of nitrogens with zero attached hydrogens (tertiary/aromatic N) is 2. The van der Waals surface area contributed by atoms with Gasteiger partial charge in [-0.3, -0.25) is 9.36 Å². The Bertz CT molecular complexity index is 1380. The van der Waals surface area contributed by atoms with Crippen molar-refractivity contribution in [2.45, 2.75) is 36.6 Å². The summed E-state index contributed by atoms with van der Waals surface area (Å²) in [7, 11) is 1.75. The first-order valence-electron chi connectivity index (χ1n) is 9.41. The van der Waals surface area contributed by atoms with Crippen LogP contribution in [-0.4, -0.2) is 14.7 Å². The zero-order valence-corrected chi connectivity index (χ0v) is 17.4. The van der Waals surface area contributed by atoms with Gasteiger partial charge in [0.1, 0.15) is 16.2 Å². The summed E-state index contributed by atoms with van der Waals surface area (Å²) in [5.41, 5.74) is 1.84. The Labute approximate surface area is 173 Å². The minimum Gasteiger partial charge on any atom is -0.508 e. The molecule has 6 nitrogen and oxygen atoms in total. The molecule has 0 spiro atoms. The summed E-state index contributed by atoms with van der Waals surface area (Å²) in [4.78, 5) is 31.8. The zero-order valence-electron chi connectivity index (χ0n) is 15.7. The van der Waals surface area contributed by atoms with Crippen molar-refractivity contribution in [3.05, 3.63) is 61.0 Å². The molecule has 3 heterocycles.